The highest BCUT2D eigenvalue weighted by molar-refractivity contribution is 8.00. The second-order valence-electron chi connectivity index (χ2n) is 6.37. The van der Waals surface area contributed by atoms with Gasteiger partial charge in [-0.3, -0.25) is 4.79 Å². The minimum Gasteiger partial charge on any atom is -0.385 e. The van der Waals surface area contributed by atoms with E-state index in [-0.39, 0.29) is 11.5 Å². The summed E-state index contributed by atoms with van der Waals surface area (Å²) < 4.78 is 7.27. The quantitative estimate of drug-likeness (QED) is 0.398. The molecular formula is C20H25N3O2S. The molecule has 0 unspecified atom stereocenters. The van der Waals surface area contributed by atoms with Gasteiger partial charge in [-0.2, -0.15) is 5.26 Å². The second-order valence-corrected chi connectivity index (χ2v) is 7.33. The van der Waals surface area contributed by atoms with Gasteiger partial charge in [-0.15, -0.1) is 0 Å². The van der Waals surface area contributed by atoms with Gasteiger partial charge < -0.3 is 9.30 Å². The van der Waals surface area contributed by atoms with E-state index < -0.39 is 0 Å². The lowest BCUT2D eigenvalue weighted by molar-refractivity contribution is 0.102. The molecule has 138 valence electrons. The van der Waals surface area contributed by atoms with Gasteiger partial charge in [0.15, 0.2) is 5.78 Å². The normalized spacial score (nSPS) is 10.8. The fraction of sp³-hybridized carbons (Fsp3) is 0.450. The van der Waals surface area contributed by atoms with E-state index in [4.69, 9.17) is 4.74 Å². The maximum atomic E-state index is 12.7. The van der Waals surface area contributed by atoms with Gasteiger partial charge in [0, 0.05) is 42.9 Å². The fourth-order valence-electron chi connectivity index (χ4n) is 3.05. The number of pyridine rings is 1. The minimum absolute atomic E-state index is 0.0611. The van der Waals surface area contributed by atoms with E-state index in [2.05, 4.69) is 15.6 Å². The number of Topliss-reactive ketones (excluding diaryl/α,β-unsaturated/α-hetero) is 1. The number of hydrogen-bond donors (Lipinski definition) is 0. The third kappa shape index (κ3) is 4.54. The van der Waals surface area contributed by atoms with Crippen molar-refractivity contribution < 1.29 is 9.53 Å². The Morgan fingerprint density at radius 3 is 2.69 bits per heavy atom. The number of thioether (sulfide) groups is 1. The molecule has 2 aromatic heterocycles. The molecule has 0 fully saturated rings. The predicted molar refractivity (Wildman–Crippen MR) is 104 cm³/mol. The summed E-state index contributed by atoms with van der Waals surface area (Å²) in [6.07, 6.45) is 0.910. The first-order valence-corrected chi connectivity index (χ1v) is 9.57. The molecule has 0 radical (unpaired) electrons. The van der Waals surface area contributed by atoms with Crippen LogP contribution in [-0.2, 0) is 11.3 Å². The lowest BCUT2D eigenvalue weighted by Crippen LogP contribution is -2.08. The van der Waals surface area contributed by atoms with Crippen molar-refractivity contribution in [2.45, 2.75) is 45.7 Å². The first-order chi connectivity index (χ1) is 12.4. The molecule has 0 aliphatic heterocycles. The van der Waals surface area contributed by atoms with Crippen molar-refractivity contribution in [2.75, 3.05) is 19.5 Å². The van der Waals surface area contributed by atoms with Gasteiger partial charge in [0.2, 0.25) is 0 Å². The van der Waals surface area contributed by atoms with Crippen molar-refractivity contribution in [3.8, 4) is 6.07 Å². The highest BCUT2D eigenvalue weighted by Crippen LogP contribution is 2.25. The van der Waals surface area contributed by atoms with Crippen molar-refractivity contribution in [3.05, 3.63) is 45.9 Å². The lowest BCUT2D eigenvalue weighted by Gasteiger charge is -2.09. The number of ketones is 1. The summed E-state index contributed by atoms with van der Waals surface area (Å²) in [5.74, 6) is 0.332. The van der Waals surface area contributed by atoms with E-state index >= 15 is 0 Å². The highest BCUT2D eigenvalue weighted by atomic mass is 32.2. The zero-order valence-electron chi connectivity index (χ0n) is 16.0. The van der Waals surface area contributed by atoms with Crippen LogP contribution < -0.4 is 0 Å². The summed E-state index contributed by atoms with van der Waals surface area (Å²) in [5, 5.41) is 9.99. The Hall–Kier alpha value is -2.10. The number of carbonyl (C=O) groups is 1. The monoisotopic (exact) mass is 371 g/mol. The molecule has 0 aromatic carbocycles. The molecule has 0 saturated carbocycles. The SMILES string of the molecule is COCCCn1c(C)cc(C(=O)CSc2nc(C)cc(C)c2C#N)c1C. The van der Waals surface area contributed by atoms with Crippen LogP contribution in [0.15, 0.2) is 17.2 Å². The molecule has 0 amide bonds. The average Bonchev–Trinajstić information content (AvgIpc) is 2.87. The Morgan fingerprint density at radius 1 is 1.31 bits per heavy atom. The molecule has 5 nitrogen and oxygen atoms in total. The number of methoxy groups -OCH3 is 1. The largest absolute Gasteiger partial charge is 0.385 e. The summed E-state index contributed by atoms with van der Waals surface area (Å²) in [6.45, 7) is 9.32. The fourth-order valence-corrected chi connectivity index (χ4v) is 4.03. The summed E-state index contributed by atoms with van der Waals surface area (Å²) in [6, 6.07) is 6.03. The van der Waals surface area contributed by atoms with Gasteiger partial charge in [0.1, 0.15) is 11.1 Å². The molecule has 2 heterocycles. The number of ether oxygens (including phenoxy) is 1. The van der Waals surface area contributed by atoms with Gasteiger partial charge in [-0.1, -0.05) is 11.8 Å². The van der Waals surface area contributed by atoms with Crippen LogP contribution in [0.25, 0.3) is 0 Å². The molecule has 0 aliphatic carbocycles. The van der Waals surface area contributed by atoms with Crippen LogP contribution in [0.2, 0.25) is 0 Å². The number of hydrogen-bond acceptors (Lipinski definition) is 5. The van der Waals surface area contributed by atoms with Gasteiger partial charge in [0.25, 0.3) is 0 Å². The van der Waals surface area contributed by atoms with E-state index in [1.165, 1.54) is 11.8 Å². The van der Waals surface area contributed by atoms with Crippen molar-refractivity contribution in [1.29, 1.82) is 5.26 Å². The van der Waals surface area contributed by atoms with Crippen LogP contribution in [0.5, 0.6) is 0 Å². The first kappa shape index (κ1) is 20.2. The number of carbonyl (C=O) groups excluding carboxylic acids is 1. The van der Waals surface area contributed by atoms with E-state index in [0.29, 0.717) is 17.2 Å². The number of rotatable bonds is 8. The molecule has 0 N–H and O–H groups in total. The van der Waals surface area contributed by atoms with Gasteiger partial charge in [0.05, 0.1) is 11.3 Å². The molecular weight excluding hydrogens is 346 g/mol. The van der Waals surface area contributed by atoms with Crippen LogP contribution in [0, 0.1) is 39.0 Å². The maximum absolute atomic E-state index is 12.7. The topological polar surface area (TPSA) is 67.9 Å². The smallest absolute Gasteiger partial charge is 0.174 e. The van der Waals surface area contributed by atoms with Crippen LogP contribution in [0.4, 0.5) is 0 Å². The third-order valence-corrected chi connectivity index (χ3v) is 5.34. The van der Waals surface area contributed by atoms with Crippen molar-refractivity contribution in [2.24, 2.45) is 0 Å². The van der Waals surface area contributed by atoms with Crippen LogP contribution in [0.1, 0.15) is 45.0 Å². The molecule has 0 spiro atoms. The number of nitrogens with zero attached hydrogens (tertiary/aromatic N) is 3. The number of aromatic nitrogens is 2. The minimum atomic E-state index is 0.0611. The predicted octanol–water partition coefficient (Wildman–Crippen LogP) is 4.00. The Labute approximate surface area is 159 Å². The Kier molecular flexibility index (Phi) is 7.01. The zero-order valence-corrected chi connectivity index (χ0v) is 16.9. The molecule has 0 bridgehead atoms. The number of nitriles is 1. The van der Waals surface area contributed by atoms with Gasteiger partial charge >= 0.3 is 0 Å². The molecule has 2 rings (SSSR count). The molecule has 26 heavy (non-hydrogen) atoms. The van der Waals surface area contributed by atoms with E-state index in [1.807, 2.05) is 39.8 Å². The van der Waals surface area contributed by atoms with Crippen LogP contribution >= 0.6 is 11.8 Å². The second kappa shape index (κ2) is 9.02. The average molecular weight is 372 g/mol. The van der Waals surface area contributed by atoms with E-state index in [1.54, 1.807) is 7.11 Å². The highest BCUT2D eigenvalue weighted by Gasteiger charge is 2.17. The van der Waals surface area contributed by atoms with Gasteiger partial charge in [-0.25, -0.2) is 4.98 Å². The van der Waals surface area contributed by atoms with Gasteiger partial charge in [-0.05, 0) is 51.8 Å². The summed E-state index contributed by atoms with van der Waals surface area (Å²) in [4.78, 5) is 17.2. The Morgan fingerprint density at radius 2 is 2.04 bits per heavy atom. The third-order valence-electron chi connectivity index (χ3n) is 4.37. The summed E-state index contributed by atoms with van der Waals surface area (Å²) >= 11 is 1.34. The molecule has 0 aliphatic rings. The van der Waals surface area contributed by atoms with Crippen molar-refractivity contribution >= 4 is 17.5 Å². The van der Waals surface area contributed by atoms with Crippen molar-refractivity contribution in [1.82, 2.24) is 9.55 Å². The Bertz CT molecular complexity index is 850. The molecule has 0 saturated heterocycles. The first-order valence-electron chi connectivity index (χ1n) is 8.59. The van der Waals surface area contributed by atoms with Crippen LogP contribution in [0.3, 0.4) is 0 Å². The van der Waals surface area contributed by atoms with Crippen LogP contribution in [-0.4, -0.2) is 34.8 Å². The molecule has 2 aromatic rings. The standard InChI is InChI=1S/C20H25N3O2S/c1-13-9-14(2)22-20(18(13)11-21)26-12-19(24)17-10-15(3)23(16(17)4)7-6-8-25-5/h9-10H,6-8,12H2,1-5H3. The molecule has 6 heteroatoms. The van der Waals surface area contributed by atoms with Crippen molar-refractivity contribution in [3.63, 3.8) is 0 Å². The zero-order chi connectivity index (χ0) is 19.3. The van der Waals surface area contributed by atoms with E-state index in [9.17, 15) is 10.1 Å². The number of aryl methyl sites for hydroxylation is 3. The lowest BCUT2D eigenvalue weighted by atomic mass is 10.1. The molecule has 0 atom stereocenters. The van der Waals surface area contributed by atoms with E-state index in [0.717, 1.165) is 41.2 Å². The summed E-state index contributed by atoms with van der Waals surface area (Å²) in [7, 11) is 1.69. The Balaban J connectivity index is 2.14. The summed E-state index contributed by atoms with van der Waals surface area (Å²) in [5.41, 5.74) is 5.11. The maximum Gasteiger partial charge on any atom is 0.174 e.